The molecule has 1 aliphatic rings. The molecule has 0 bridgehead atoms. The van der Waals surface area contributed by atoms with E-state index in [4.69, 9.17) is 4.74 Å². The highest BCUT2D eigenvalue weighted by Crippen LogP contribution is 2.22. The van der Waals surface area contributed by atoms with Gasteiger partial charge in [-0.1, -0.05) is 32.9 Å². The van der Waals surface area contributed by atoms with E-state index in [9.17, 15) is 4.79 Å². The summed E-state index contributed by atoms with van der Waals surface area (Å²) in [6.07, 6.45) is 1.77. The fraction of sp³-hybridized carbons (Fsp3) is 0.450. The fourth-order valence-electron chi connectivity index (χ4n) is 2.95. The van der Waals surface area contributed by atoms with E-state index in [-0.39, 0.29) is 11.3 Å². The number of anilines is 1. The van der Waals surface area contributed by atoms with Crippen molar-refractivity contribution in [1.29, 1.82) is 0 Å². The quantitative estimate of drug-likeness (QED) is 0.845. The largest absolute Gasteiger partial charge is 0.497 e. The molecular weight excluding hydrogens is 328 g/mol. The number of benzene rings is 1. The average Bonchev–Trinajstić information content (AvgIpc) is 2.63. The van der Waals surface area contributed by atoms with Gasteiger partial charge in [0.15, 0.2) is 0 Å². The molecule has 1 aromatic heterocycles. The van der Waals surface area contributed by atoms with Gasteiger partial charge in [-0.2, -0.15) is 0 Å². The second kappa shape index (κ2) is 7.32. The Morgan fingerprint density at radius 2 is 2.00 bits per heavy atom. The lowest BCUT2D eigenvalue weighted by molar-refractivity contribution is -0.131. The third-order valence-electron chi connectivity index (χ3n) is 4.46. The molecule has 2 aromatic rings. The number of methoxy groups -OCH3 is 1. The first-order valence-electron chi connectivity index (χ1n) is 8.86. The maximum atomic E-state index is 12.6. The molecule has 1 aliphatic heterocycles. The summed E-state index contributed by atoms with van der Waals surface area (Å²) in [4.78, 5) is 25.6. The Balaban J connectivity index is 1.68. The SMILES string of the molecule is COc1cccc(CN2CCN(c3ccnc(C(C)(C)C)n3)CC2=O)c1. The first-order valence-corrected chi connectivity index (χ1v) is 8.86. The summed E-state index contributed by atoms with van der Waals surface area (Å²) in [7, 11) is 1.65. The predicted molar refractivity (Wildman–Crippen MR) is 101 cm³/mol. The van der Waals surface area contributed by atoms with Gasteiger partial charge in [-0.25, -0.2) is 9.97 Å². The summed E-state index contributed by atoms with van der Waals surface area (Å²) in [5.74, 6) is 2.53. The second-order valence-electron chi connectivity index (χ2n) is 7.58. The summed E-state index contributed by atoms with van der Waals surface area (Å²) in [5, 5.41) is 0. The van der Waals surface area contributed by atoms with Gasteiger partial charge in [0.25, 0.3) is 0 Å². The molecule has 0 aliphatic carbocycles. The van der Waals surface area contributed by atoms with E-state index in [1.165, 1.54) is 0 Å². The molecule has 6 nitrogen and oxygen atoms in total. The van der Waals surface area contributed by atoms with Crippen molar-refractivity contribution < 1.29 is 9.53 Å². The molecule has 0 unspecified atom stereocenters. The van der Waals surface area contributed by atoms with Crippen LogP contribution in [0.2, 0.25) is 0 Å². The van der Waals surface area contributed by atoms with Gasteiger partial charge in [-0.05, 0) is 23.8 Å². The topological polar surface area (TPSA) is 58.6 Å². The standard InChI is InChI=1S/C20H26N4O2/c1-20(2,3)19-21-9-8-17(22-19)23-10-11-24(18(25)14-23)13-15-6-5-7-16(12-15)26-4/h5-9,12H,10-11,13-14H2,1-4H3. The Morgan fingerprint density at radius 1 is 1.19 bits per heavy atom. The van der Waals surface area contributed by atoms with Crippen molar-refractivity contribution in [3.63, 3.8) is 0 Å². The van der Waals surface area contributed by atoms with Crippen molar-refractivity contribution in [2.75, 3.05) is 31.6 Å². The van der Waals surface area contributed by atoms with E-state index in [0.29, 0.717) is 19.6 Å². The maximum Gasteiger partial charge on any atom is 0.242 e. The molecule has 0 atom stereocenters. The number of ether oxygens (including phenoxy) is 1. The number of carbonyl (C=O) groups is 1. The van der Waals surface area contributed by atoms with Crippen molar-refractivity contribution in [2.45, 2.75) is 32.7 Å². The number of aromatic nitrogens is 2. The summed E-state index contributed by atoms with van der Waals surface area (Å²) in [5.41, 5.74) is 0.956. The van der Waals surface area contributed by atoms with E-state index in [1.807, 2.05) is 40.1 Å². The number of amides is 1. The van der Waals surface area contributed by atoms with Crippen molar-refractivity contribution >= 4 is 11.7 Å². The van der Waals surface area contributed by atoms with Crippen LogP contribution in [0.25, 0.3) is 0 Å². The molecule has 1 aromatic carbocycles. The van der Waals surface area contributed by atoms with Gasteiger partial charge in [0, 0.05) is 31.2 Å². The smallest absolute Gasteiger partial charge is 0.242 e. The number of rotatable bonds is 4. The average molecular weight is 354 g/mol. The van der Waals surface area contributed by atoms with Gasteiger partial charge in [0.2, 0.25) is 5.91 Å². The van der Waals surface area contributed by atoms with E-state index in [2.05, 4.69) is 30.7 Å². The first kappa shape index (κ1) is 18.2. The molecule has 0 spiro atoms. The number of hydrogen-bond donors (Lipinski definition) is 0. The van der Waals surface area contributed by atoms with Crippen LogP contribution in [0.5, 0.6) is 5.75 Å². The van der Waals surface area contributed by atoms with Crippen LogP contribution in [0.4, 0.5) is 5.82 Å². The lowest BCUT2D eigenvalue weighted by atomic mass is 9.96. The first-order chi connectivity index (χ1) is 12.4. The zero-order valence-corrected chi connectivity index (χ0v) is 15.9. The van der Waals surface area contributed by atoms with E-state index in [1.54, 1.807) is 13.3 Å². The minimum absolute atomic E-state index is 0.106. The number of nitrogens with zero attached hydrogens (tertiary/aromatic N) is 4. The molecule has 0 radical (unpaired) electrons. The number of carbonyl (C=O) groups excluding carboxylic acids is 1. The van der Waals surface area contributed by atoms with Crippen LogP contribution in [0.15, 0.2) is 36.5 Å². The molecule has 6 heteroatoms. The van der Waals surface area contributed by atoms with Gasteiger partial charge in [0.05, 0.1) is 13.7 Å². The summed E-state index contributed by atoms with van der Waals surface area (Å²) < 4.78 is 5.26. The van der Waals surface area contributed by atoms with Crippen LogP contribution in [0.1, 0.15) is 32.2 Å². The molecule has 1 saturated heterocycles. The Kier molecular flexibility index (Phi) is 5.11. The maximum absolute atomic E-state index is 12.6. The summed E-state index contributed by atoms with van der Waals surface area (Å²) in [6.45, 7) is 8.63. The van der Waals surface area contributed by atoms with Gasteiger partial charge in [-0.3, -0.25) is 4.79 Å². The molecule has 1 amide bonds. The minimum Gasteiger partial charge on any atom is -0.497 e. The molecule has 0 N–H and O–H groups in total. The number of hydrogen-bond acceptors (Lipinski definition) is 5. The van der Waals surface area contributed by atoms with Gasteiger partial charge in [0.1, 0.15) is 17.4 Å². The van der Waals surface area contributed by atoms with Crippen molar-refractivity contribution in [1.82, 2.24) is 14.9 Å². The van der Waals surface area contributed by atoms with Crippen LogP contribution in [0.3, 0.4) is 0 Å². The molecule has 2 heterocycles. The minimum atomic E-state index is -0.117. The molecule has 138 valence electrons. The highest BCUT2D eigenvalue weighted by molar-refractivity contribution is 5.82. The van der Waals surface area contributed by atoms with Crippen LogP contribution >= 0.6 is 0 Å². The summed E-state index contributed by atoms with van der Waals surface area (Å²) >= 11 is 0. The molecule has 3 rings (SSSR count). The van der Waals surface area contributed by atoms with E-state index in [0.717, 1.165) is 29.5 Å². The van der Waals surface area contributed by atoms with Crippen LogP contribution in [-0.4, -0.2) is 47.5 Å². The molecular formula is C20H26N4O2. The highest BCUT2D eigenvalue weighted by atomic mass is 16.5. The van der Waals surface area contributed by atoms with E-state index >= 15 is 0 Å². The normalized spacial score (nSPS) is 15.3. The Labute approximate surface area is 154 Å². The predicted octanol–water partition coefficient (Wildman–Crippen LogP) is 2.63. The zero-order chi connectivity index (χ0) is 18.7. The van der Waals surface area contributed by atoms with Crippen molar-refractivity contribution in [3.05, 3.63) is 47.9 Å². The fourth-order valence-corrected chi connectivity index (χ4v) is 2.95. The van der Waals surface area contributed by atoms with Gasteiger partial charge < -0.3 is 14.5 Å². The Morgan fingerprint density at radius 3 is 2.69 bits per heavy atom. The van der Waals surface area contributed by atoms with E-state index < -0.39 is 0 Å². The number of piperazine rings is 1. The molecule has 1 fully saturated rings. The van der Waals surface area contributed by atoms with Gasteiger partial charge >= 0.3 is 0 Å². The third kappa shape index (κ3) is 4.12. The Bertz CT molecular complexity index is 785. The highest BCUT2D eigenvalue weighted by Gasteiger charge is 2.26. The third-order valence-corrected chi connectivity index (χ3v) is 4.46. The summed E-state index contributed by atoms with van der Waals surface area (Å²) in [6, 6.07) is 9.72. The second-order valence-corrected chi connectivity index (χ2v) is 7.58. The lowest BCUT2D eigenvalue weighted by Crippen LogP contribution is -2.50. The van der Waals surface area contributed by atoms with Crippen molar-refractivity contribution in [3.8, 4) is 5.75 Å². The van der Waals surface area contributed by atoms with Gasteiger partial charge in [-0.15, -0.1) is 0 Å². The van der Waals surface area contributed by atoms with Crippen LogP contribution in [0, 0.1) is 0 Å². The molecule has 0 saturated carbocycles. The Hall–Kier alpha value is -2.63. The zero-order valence-electron chi connectivity index (χ0n) is 15.9. The van der Waals surface area contributed by atoms with Crippen LogP contribution in [-0.2, 0) is 16.8 Å². The van der Waals surface area contributed by atoms with Crippen LogP contribution < -0.4 is 9.64 Å². The lowest BCUT2D eigenvalue weighted by Gasteiger charge is -2.35. The monoisotopic (exact) mass is 354 g/mol. The van der Waals surface area contributed by atoms with Crippen molar-refractivity contribution in [2.24, 2.45) is 0 Å². The molecule has 26 heavy (non-hydrogen) atoms.